The second-order valence-corrected chi connectivity index (χ2v) is 5.57. The molecule has 1 unspecified atom stereocenters. The quantitative estimate of drug-likeness (QED) is 0.789. The van der Waals surface area contributed by atoms with Crippen molar-refractivity contribution in [1.29, 1.82) is 0 Å². The molecular weight excluding hydrogens is 256 g/mol. The highest BCUT2D eigenvalue weighted by Gasteiger charge is 2.32. The molecule has 0 spiro atoms. The van der Waals surface area contributed by atoms with Crippen LogP contribution in [-0.4, -0.2) is 52.5 Å². The van der Waals surface area contributed by atoms with E-state index in [1.165, 1.54) is 0 Å². The van der Waals surface area contributed by atoms with Crippen molar-refractivity contribution in [3.8, 4) is 0 Å². The fourth-order valence-electron chi connectivity index (χ4n) is 2.56. The van der Waals surface area contributed by atoms with Crippen LogP contribution in [0.1, 0.15) is 44.3 Å². The number of nitrogens with zero attached hydrogens (tertiary/aromatic N) is 4. The molecule has 0 aliphatic carbocycles. The normalized spacial score (nSPS) is 19.4. The molecule has 6 nitrogen and oxygen atoms in total. The first kappa shape index (κ1) is 15.0. The number of hydrogen-bond acceptors (Lipinski definition) is 5. The zero-order valence-corrected chi connectivity index (χ0v) is 12.6. The van der Waals surface area contributed by atoms with E-state index in [9.17, 15) is 4.79 Å². The number of rotatable bonds is 6. The van der Waals surface area contributed by atoms with Gasteiger partial charge in [0, 0.05) is 20.5 Å². The van der Waals surface area contributed by atoms with Crippen LogP contribution in [0, 0.1) is 0 Å². The molecule has 20 heavy (non-hydrogen) atoms. The lowest BCUT2D eigenvalue weighted by atomic mass is 10.2. The van der Waals surface area contributed by atoms with Crippen LogP contribution in [0.3, 0.4) is 0 Å². The average molecular weight is 280 g/mol. The van der Waals surface area contributed by atoms with Crippen molar-refractivity contribution in [3.63, 3.8) is 0 Å². The van der Waals surface area contributed by atoms with Gasteiger partial charge in [-0.05, 0) is 25.8 Å². The second kappa shape index (κ2) is 6.83. The number of unbranched alkanes of at least 4 members (excludes halogenated alkanes) is 1. The minimum atomic E-state index is -0.0454. The topological polar surface area (TPSA) is 62.5 Å². The third-order valence-corrected chi connectivity index (χ3v) is 3.69. The summed E-state index contributed by atoms with van der Waals surface area (Å²) in [5, 5.41) is 3.99. The first-order valence-electron chi connectivity index (χ1n) is 7.38. The van der Waals surface area contributed by atoms with Crippen molar-refractivity contribution >= 4 is 5.91 Å². The van der Waals surface area contributed by atoms with Crippen LogP contribution in [0.25, 0.3) is 0 Å². The largest absolute Gasteiger partial charge is 0.347 e. The number of amides is 1. The fourth-order valence-corrected chi connectivity index (χ4v) is 2.56. The summed E-state index contributed by atoms with van der Waals surface area (Å²) < 4.78 is 5.28. The van der Waals surface area contributed by atoms with Crippen LogP contribution < -0.4 is 0 Å². The van der Waals surface area contributed by atoms with Gasteiger partial charge in [-0.25, -0.2) is 0 Å². The summed E-state index contributed by atoms with van der Waals surface area (Å²) in [6.45, 7) is 3.63. The Morgan fingerprint density at radius 1 is 1.50 bits per heavy atom. The molecule has 1 fully saturated rings. The average Bonchev–Trinajstić information content (AvgIpc) is 3.05. The van der Waals surface area contributed by atoms with Crippen molar-refractivity contribution in [2.75, 3.05) is 20.6 Å². The summed E-state index contributed by atoms with van der Waals surface area (Å²) >= 11 is 0. The molecule has 1 aromatic heterocycles. The number of carbonyl (C=O) groups excluding carboxylic acids is 1. The zero-order chi connectivity index (χ0) is 14.5. The van der Waals surface area contributed by atoms with E-state index < -0.39 is 0 Å². The molecule has 0 saturated carbocycles. The summed E-state index contributed by atoms with van der Waals surface area (Å²) in [5.74, 6) is 1.55. The van der Waals surface area contributed by atoms with Crippen LogP contribution in [0.15, 0.2) is 4.52 Å². The number of likely N-dealkylation sites (tertiary alicyclic amines) is 1. The maximum absolute atomic E-state index is 12.1. The molecule has 1 amide bonds. The van der Waals surface area contributed by atoms with Gasteiger partial charge in [0.2, 0.25) is 11.8 Å². The van der Waals surface area contributed by atoms with Crippen molar-refractivity contribution in [1.82, 2.24) is 19.9 Å². The summed E-state index contributed by atoms with van der Waals surface area (Å²) in [6, 6.07) is -0.0454. The number of aryl methyl sites for hydroxylation is 1. The minimum absolute atomic E-state index is 0.0454. The fraction of sp³-hybridized carbons (Fsp3) is 0.786. The molecule has 2 heterocycles. The molecule has 0 N–H and O–H groups in total. The van der Waals surface area contributed by atoms with Crippen LogP contribution >= 0.6 is 0 Å². The summed E-state index contributed by atoms with van der Waals surface area (Å²) in [7, 11) is 3.60. The standard InChI is InChI=1S/C14H24N4O2/c1-4-5-8-12-15-13(20-16-12)10-18-9-6-7-11(18)14(19)17(2)3/h11H,4-10H2,1-3H3. The van der Waals surface area contributed by atoms with Crippen LogP contribution in [-0.2, 0) is 17.8 Å². The van der Waals surface area contributed by atoms with E-state index in [1.54, 1.807) is 19.0 Å². The Morgan fingerprint density at radius 2 is 2.30 bits per heavy atom. The molecule has 2 rings (SSSR count). The van der Waals surface area contributed by atoms with Crippen molar-refractivity contribution in [2.45, 2.75) is 51.6 Å². The molecule has 1 aromatic rings. The predicted octanol–water partition coefficient (Wildman–Crippen LogP) is 1.46. The Bertz CT molecular complexity index is 444. The second-order valence-electron chi connectivity index (χ2n) is 5.57. The van der Waals surface area contributed by atoms with E-state index in [4.69, 9.17) is 4.52 Å². The molecule has 0 bridgehead atoms. The SMILES string of the molecule is CCCCc1noc(CN2CCCC2C(=O)N(C)C)n1. The van der Waals surface area contributed by atoms with Crippen molar-refractivity contribution in [3.05, 3.63) is 11.7 Å². The zero-order valence-electron chi connectivity index (χ0n) is 12.6. The summed E-state index contributed by atoms with van der Waals surface area (Å²) in [6.07, 6.45) is 5.01. The molecular formula is C14H24N4O2. The van der Waals surface area contributed by atoms with Gasteiger partial charge in [-0.1, -0.05) is 18.5 Å². The lowest BCUT2D eigenvalue weighted by Gasteiger charge is -2.24. The minimum Gasteiger partial charge on any atom is -0.347 e. The van der Waals surface area contributed by atoms with E-state index in [-0.39, 0.29) is 11.9 Å². The molecule has 1 atom stereocenters. The van der Waals surface area contributed by atoms with E-state index in [1.807, 2.05) is 0 Å². The number of hydrogen-bond donors (Lipinski definition) is 0. The highest BCUT2D eigenvalue weighted by Crippen LogP contribution is 2.21. The lowest BCUT2D eigenvalue weighted by Crippen LogP contribution is -2.42. The highest BCUT2D eigenvalue weighted by molar-refractivity contribution is 5.81. The van der Waals surface area contributed by atoms with Crippen LogP contribution in [0.2, 0.25) is 0 Å². The van der Waals surface area contributed by atoms with Crippen molar-refractivity contribution in [2.24, 2.45) is 0 Å². The third kappa shape index (κ3) is 3.56. The molecule has 0 radical (unpaired) electrons. The van der Waals surface area contributed by atoms with Gasteiger partial charge in [-0.2, -0.15) is 4.98 Å². The Labute approximate surface area is 120 Å². The lowest BCUT2D eigenvalue weighted by molar-refractivity contribution is -0.133. The maximum Gasteiger partial charge on any atom is 0.240 e. The van der Waals surface area contributed by atoms with Gasteiger partial charge >= 0.3 is 0 Å². The van der Waals surface area contributed by atoms with Gasteiger partial charge in [0.15, 0.2) is 5.82 Å². The number of aromatic nitrogens is 2. The molecule has 1 saturated heterocycles. The number of carbonyl (C=O) groups is 1. The van der Waals surface area contributed by atoms with E-state index in [0.29, 0.717) is 12.4 Å². The maximum atomic E-state index is 12.1. The molecule has 6 heteroatoms. The first-order valence-corrected chi connectivity index (χ1v) is 7.38. The van der Waals surface area contributed by atoms with Gasteiger partial charge in [0.25, 0.3) is 0 Å². The van der Waals surface area contributed by atoms with E-state index in [0.717, 1.165) is 44.5 Å². The monoisotopic (exact) mass is 280 g/mol. The van der Waals surface area contributed by atoms with Gasteiger partial charge < -0.3 is 9.42 Å². The Hall–Kier alpha value is -1.43. The van der Waals surface area contributed by atoms with Crippen molar-refractivity contribution < 1.29 is 9.32 Å². The van der Waals surface area contributed by atoms with E-state index in [2.05, 4.69) is 22.0 Å². The molecule has 112 valence electrons. The molecule has 1 aliphatic rings. The predicted molar refractivity (Wildman–Crippen MR) is 75.0 cm³/mol. The van der Waals surface area contributed by atoms with Gasteiger partial charge in [0.1, 0.15) is 0 Å². The Balaban J connectivity index is 1.94. The van der Waals surface area contributed by atoms with Gasteiger partial charge in [0.05, 0.1) is 12.6 Å². The third-order valence-electron chi connectivity index (χ3n) is 3.69. The molecule has 1 aliphatic heterocycles. The summed E-state index contributed by atoms with van der Waals surface area (Å²) in [4.78, 5) is 20.3. The molecule has 0 aromatic carbocycles. The summed E-state index contributed by atoms with van der Waals surface area (Å²) in [5.41, 5.74) is 0. The number of likely N-dealkylation sites (N-methyl/N-ethyl adjacent to an activating group) is 1. The Kier molecular flexibility index (Phi) is 5.11. The highest BCUT2D eigenvalue weighted by atomic mass is 16.5. The van der Waals surface area contributed by atoms with Crippen LogP contribution in [0.4, 0.5) is 0 Å². The van der Waals surface area contributed by atoms with Crippen LogP contribution in [0.5, 0.6) is 0 Å². The smallest absolute Gasteiger partial charge is 0.240 e. The van der Waals surface area contributed by atoms with Gasteiger partial charge in [-0.15, -0.1) is 0 Å². The first-order chi connectivity index (χ1) is 9.61. The Morgan fingerprint density at radius 3 is 3.00 bits per heavy atom. The van der Waals surface area contributed by atoms with Gasteiger partial charge in [-0.3, -0.25) is 9.69 Å². The van der Waals surface area contributed by atoms with E-state index >= 15 is 0 Å².